The number of nitrogens with one attached hydrogen (secondary N) is 1. The van der Waals surface area contributed by atoms with E-state index in [-0.39, 0.29) is 23.3 Å². The van der Waals surface area contributed by atoms with Crippen molar-refractivity contribution in [3.05, 3.63) is 17.8 Å². The Kier molecular flexibility index (Phi) is 4.00. The van der Waals surface area contributed by atoms with Gasteiger partial charge in [0.15, 0.2) is 5.69 Å². The molecule has 0 radical (unpaired) electrons. The SMILES string of the molecule is NC(CO)c1nc(C(=O)NC2CCSC2=O)co1. The smallest absolute Gasteiger partial charge is 0.273 e. The van der Waals surface area contributed by atoms with Crippen molar-refractivity contribution in [2.45, 2.75) is 18.5 Å². The Morgan fingerprint density at radius 3 is 3.17 bits per heavy atom. The molecule has 98 valence electrons. The summed E-state index contributed by atoms with van der Waals surface area (Å²) in [5.74, 6) is 0.328. The van der Waals surface area contributed by atoms with Gasteiger partial charge in [-0.25, -0.2) is 4.98 Å². The number of nitrogens with zero attached hydrogens (tertiary/aromatic N) is 1. The number of thioether (sulfide) groups is 1. The molecule has 4 N–H and O–H groups in total. The van der Waals surface area contributed by atoms with Crippen LogP contribution in [0.1, 0.15) is 28.8 Å². The lowest BCUT2D eigenvalue weighted by Crippen LogP contribution is -2.37. The van der Waals surface area contributed by atoms with Crippen LogP contribution in [0.5, 0.6) is 0 Å². The van der Waals surface area contributed by atoms with Gasteiger partial charge in [0.2, 0.25) is 11.0 Å². The van der Waals surface area contributed by atoms with Crippen molar-refractivity contribution in [3.8, 4) is 0 Å². The van der Waals surface area contributed by atoms with Gasteiger partial charge in [0.05, 0.1) is 12.6 Å². The average molecular weight is 271 g/mol. The highest BCUT2D eigenvalue weighted by atomic mass is 32.2. The van der Waals surface area contributed by atoms with Crippen LogP contribution in [-0.2, 0) is 4.79 Å². The molecule has 2 unspecified atom stereocenters. The molecule has 0 saturated carbocycles. The van der Waals surface area contributed by atoms with E-state index < -0.39 is 18.0 Å². The van der Waals surface area contributed by atoms with Crippen molar-refractivity contribution in [2.24, 2.45) is 5.73 Å². The molecular formula is C10H13N3O4S. The predicted molar refractivity (Wildman–Crippen MR) is 63.9 cm³/mol. The quantitative estimate of drug-likeness (QED) is 0.671. The second kappa shape index (κ2) is 5.51. The topological polar surface area (TPSA) is 118 Å². The van der Waals surface area contributed by atoms with Crippen LogP contribution in [0, 0.1) is 0 Å². The van der Waals surface area contributed by atoms with Gasteiger partial charge < -0.3 is 20.6 Å². The van der Waals surface area contributed by atoms with Crippen LogP contribution >= 0.6 is 11.8 Å². The monoisotopic (exact) mass is 271 g/mol. The van der Waals surface area contributed by atoms with Crippen LogP contribution in [0.25, 0.3) is 0 Å². The van der Waals surface area contributed by atoms with Crippen LogP contribution in [-0.4, -0.2) is 39.5 Å². The lowest BCUT2D eigenvalue weighted by molar-refractivity contribution is -0.112. The zero-order valence-corrected chi connectivity index (χ0v) is 10.3. The minimum Gasteiger partial charge on any atom is -0.446 e. The van der Waals surface area contributed by atoms with E-state index in [2.05, 4.69) is 10.3 Å². The fraction of sp³-hybridized carbons (Fsp3) is 0.500. The summed E-state index contributed by atoms with van der Waals surface area (Å²) in [6, 6.07) is -1.22. The number of aromatic nitrogens is 1. The summed E-state index contributed by atoms with van der Waals surface area (Å²) in [7, 11) is 0. The molecule has 7 nitrogen and oxygen atoms in total. The number of aliphatic hydroxyl groups is 1. The molecule has 0 bridgehead atoms. The molecule has 0 aliphatic carbocycles. The summed E-state index contributed by atoms with van der Waals surface area (Å²) in [5, 5.41) is 11.4. The molecule has 1 aliphatic rings. The molecule has 1 aromatic heterocycles. The zero-order valence-electron chi connectivity index (χ0n) is 9.46. The second-order valence-electron chi connectivity index (χ2n) is 3.84. The summed E-state index contributed by atoms with van der Waals surface area (Å²) < 4.78 is 4.98. The van der Waals surface area contributed by atoms with E-state index in [4.69, 9.17) is 15.3 Å². The maximum Gasteiger partial charge on any atom is 0.273 e. The Morgan fingerprint density at radius 1 is 1.78 bits per heavy atom. The maximum atomic E-state index is 11.8. The van der Waals surface area contributed by atoms with Gasteiger partial charge in [0, 0.05) is 5.75 Å². The number of oxazole rings is 1. The third-order valence-corrected chi connectivity index (χ3v) is 3.52. The first kappa shape index (κ1) is 13.1. The lowest BCUT2D eigenvalue weighted by atomic mass is 10.2. The van der Waals surface area contributed by atoms with Crippen LogP contribution in [0.2, 0.25) is 0 Å². The highest BCUT2D eigenvalue weighted by molar-refractivity contribution is 8.14. The van der Waals surface area contributed by atoms with Crippen molar-refractivity contribution in [3.63, 3.8) is 0 Å². The van der Waals surface area contributed by atoms with E-state index in [1.54, 1.807) is 0 Å². The number of rotatable bonds is 4. The number of nitrogens with two attached hydrogens (primary N) is 1. The molecule has 1 aliphatic heterocycles. The van der Waals surface area contributed by atoms with Gasteiger partial charge in [-0.2, -0.15) is 0 Å². The number of hydrogen-bond acceptors (Lipinski definition) is 7. The van der Waals surface area contributed by atoms with Crippen LogP contribution < -0.4 is 11.1 Å². The zero-order chi connectivity index (χ0) is 13.1. The van der Waals surface area contributed by atoms with Crippen LogP contribution in [0.4, 0.5) is 0 Å². The molecule has 0 spiro atoms. The predicted octanol–water partition coefficient (Wildman–Crippen LogP) is -0.571. The molecule has 1 saturated heterocycles. The molecule has 18 heavy (non-hydrogen) atoms. The first-order valence-corrected chi connectivity index (χ1v) is 6.39. The van der Waals surface area contributed by atoms with Crippen molar-refractivity contribution in [2.75, 3.05) is 12.4 Å². The largest absolute Gasteiger partial charge is 0.446 e. The molecule has 8 heteroatoms. The van der Waals surface area contributed by atoms with Gasteiger partial charge in [-0.15, -0.1) is 0 Å². The number of carbonyl (C=O) groups is 2. The first-order chi connectivity index (χ1) is 8.61. The van der Waals surface area contributed by atoms with E-state index in [9.17, 15) is 9.59 Å². The number of carbonyl (C=O) groups excluding carboxylic acids is 2. The van der Waals surface area contributed by atoms with Crippen LogP contribution in [0.3, 0.4) is 0 Å². The van der Waals surface area contributed by atoms with Crippen molar-refractivity contribution in [1.82, 2.24) is 10.3 Å². The highest BCUT2D eigenvalue weighted by Gasteiger charge is 2.28. The molecule has 1 amide bonds. The van der Waals surface area contributed by atoms with Gasteiger partial charge >= 0.3 is 0 Å². The minimum atomic E-state index is -0.754. The summed E-state index contributed by atoms with van der Waals surface area (Å²) in [6.07, 6.45) is 1.78. The van der Waals surface area contributed by atoms with Gasteiger partial charge in [-0.05, 0) is 6.42 Å². The van der Waals surface area contributed by atoms with Gasteiger partial charge in [0.1, 0.15) is 12.3 Å². The fourth-order valence-electron chi connectivity index (χ4n) is 1.50. The van der Waals surface area contributed by atoms with Gasteiger partial charge in [0.25, 0.3) is 5.91 Å². The van der Waals surface area contributed by atoms with Gasteiger partial charge in [-0.3, -0.25) is 9.59 Å². The molecule has 1 aromatic rings. The Balaban J connectivity index is 2.00. The van der Waals surface area contributed by atoms with E-state index in [1.165, 1.54) is 11.8 Å². The van der Waals surface area contributed by atoms with E-state index in [0.717, 1.165) is 6.26 Å². The van der Waals surface area contributed by atoms with Crippen molar-refractivity contribution >= 4 is 22.8 Å². The molecule has 2 rings (SSSR count). The third-order valence-electron chi connectivity index (χ3n) is 2.51. The Morgan fingerprint density at radius 2 is 2.56 bits per heavy atom. The Labute approximate surface area is 107 Å². The number of amides is 1. The molecule has 2 heterocycles. The highest BCUT2D eigenvalue weighted by Crippen LogP contribution is 2.19. The fourth-order valence-corrected chi connectivity index (χ4v) is 2.43. The molecule has 2 atom stereocenters. The second-order valence-corrected chi connectivity index (χ2v) is 4.94. The maximum absolute atomic E-state index is 11.8. The number of aliphatic hydroxyl groups excluding tert-OH is 1. The lowest BCUT2D eigenvalue weighted by Gasteiger charge is -2.07. The molecule has 0 aromatic carbocycles. The summed E-state index contributed by atoms with van der Waals surface area (Å²) in [6.45, 7) is -0.320. The van der Waals surface area contributed by atoms with E-state index >= 15 is 0 Å². The normalized spacial score (nSPS) is 21.0. The third kappa shape index (κ3) is 2.71. The standard InChI is InChI=1S/C10H13N3O4S/c11-5(3-14)9-13-7(4-17-9)8(15)12-6-1-2-18-10(6)16/h4-6,14H,1-3,11H2,(H,12,15). The first-order valence-electron chi connectivity index (χ1n) is 5.41. The summed E-state index contributed by atoms with van der Waals surface area (Å²) in [5.41, 5.74) is 5.55. The average Bonchev–Trinajstić information content (AvgIpc) is 2.98. The van der Waals surface area contributed by atoms with Crippen LogP contribution in [0.15, 0.2) is 10.7 Å². The minimum absolute atomic E-state index is 0.0425. The van der Waals surface area contributed by atoms with Crippen molar-refractivity contribution < 1.29 is 19.1 Å². The van der Waals surface area contributed by atoms with E-state index in [0.29, 0.717) is 12.2 Å². The van der Waals surface area contributed by atoms with Gasteiger partial charge in [-0.1, -0.05) is 11.8 Å². The summed E-state index contributed by atoms with van der Waals surface area (Å²) in [4.78, 5) is 27.0. The molecular weight excluding hydrogens is 258 g/mol. The van der Waals surface area contributed by atoms with E-state index in [1.807, 2.05) is 0 Å². The Hall–Kier alpha value is -1.38. The summed E-state index contributed by atoms with van der Waals surface area (Å²) >= 11 is 1.21. The van der Waals surface area contributed by atoms with Crippen molar-refractivity contribution in [1.29, 1.82) is 0 Å². The molecule has 1 fully saturated rings. The number of hydrogen-bond donors (Lipinski definition) is 3. The Bertz CT molecular complexity index is 462.